The normalized spacial score (nSPS) is 16.6. The fourth-order valence-electron chi connectivity index (χ4n) is 3.66. The summed E-state index contributed by atoms with van der Waals surface area (Å²) >= 11 is 1.49. The molecule has 0 aliphatic heterocycles. The fourth-order valence-corrected chi connectivity index (χ4v) is 4.14. The van der Waals surface area contributed by atoms with Crippen molar-refractivity contribution in [1.82, 2.24) is 26.6 Å². The Hall–Kier alpha value is -2.38. The van der Waals surface area contributed by atoms with E-state index in [1.807, 2.05) is 34.0 Å². The van der Waals surface area contributed by atoms with Crippen molar-refractivity contribution in [2.45, 2.75) is 104 Å². The Morgan fingerprint density at radius 1 is 0.744 bits per heavy atom. The van der Waals surface area contributed by atoms with Crippen molar-refractivity contribution in [3.8, 4) is 0 Å². The van der Waals surface area contributed by atoms with Gasteiger partial charge in [0, 0.05) is 13.5 Å². The molecule has 13 heteroatoms. The van der Waals surface area contributed by atoms with E-state index in [0.717, 1.165) is 6.42 Å². The van der Waals surface area contributed by atoms with Gasteiger partial charge in [-0.1, -0.05) is 34.1 Å². The van der Waals surface area contributed by atoms with E-state index in [1.165, 1.54) is 32.7 Å². The highest BCUT2D eigenvalue weighted by atomic mass is 32.2. The van der Waals surface area contributed by atoms with E-state index in [0.29, 0.717) is 18.6 Å². The van der Waals surface area contributed by atoms with Gasteiger partial charge in [0.2, 0.25) is 29.5 Å². The molecule has 0 saturated carbocycles. The topological polar surface area (TPSA) is 186 Å². The third kappa shape index (κ3) is 14.0. The second-order valence-corrected chi connectivity index (χ2v) is 11.4. The van der Waals surface area contributed by atoms with E-state index in [4.69, 9.17) is 0 Å². The van der Waals surface area contributed by atoms with Crippen LogP contribution < -0.4 is 26.6 Å². The summed E-state index contributed by atoms with van der Waals surface area (Å²) in [5.41, 5.74) is 0. The average molecular weight is 576 g/mol. The quantitative estimate of drug-likeness (QED) is 0.116. The van der Waals surface area contributed by atoms with E-state index < -0.39 is 60.0 Å². The molecule has 0 bridgehead atoms. The van der Waals surface area contributed by atoms with E-state index >= 15 is 0 Å². The van der Waals surface area contributed by atoms with Crippen molar-refractivity contribution in [3.63, 3.8) is 0 Å². The van der Waals surface area contributed by atoms with Gasteiger partial charge < -0.3 is 36.8 Å². The first-order chi connectivity index (χ1) is 18.2. The second-order valence-electron chi connectivity index (χ2n) is 10.4. The van der Waals surface area contributed by atoms with Crippen LogP contribution in [-0.2, 0) is 24.0 Å². The van der Waals surface area contributed by atoms with E-state index in [-0.39, 0.29) is 24.2 Å². The third-order valence-corrected chi connectivity index (χ3v) is 6.85. The maximum absolute atomic E-state index is 13.1. The standard InChI is InChI=1S/C26H49N5O7S/c1-9-15(4)13-20(34)28-19(12-14(2)3)24(36)30-22(17(6)33)26(38)31-21(16(5)32)25(37)29-18(10-11-39-8)23(35)27-7/h14-19,21-22,32-33H,9-13H2,1-8H3,(H,27,35)(H,28,34)(H,29,37)(H,30,36)(H,31,38). The third-order valence-electron chi connectivity index (χ3n) is 6.20. The molecule has 0 aromatic carbocycles. The van der Waals surface area contributed by atoms with Crippen LogP contribution in [0.2, 0.25) is 0 Å². The molecule has 0 saturated heterocycles. The van der Waals surface area contributed by atoms with Gasteiger partial charge in [-0.2, -0.15) is 11.8 Å². The molecule has 0 aromatic heterocycles. The molecule has 0 radical (unpaired) electrons. The molecule has 7 unspecified atom stereocenters. The van der Waals surface area contributed by atoms with Crippen LogP contribution in [0.4, 0.5) is 0 Å². The van der Waals surface area contributed by atoms with Crippen molar-refractivity contribution < 1.29 is 34.2 Å². The second kappa shape index (κ2) is 18.8. The Labute approximate surface area is 236 Å². The summed E-state index contributed by atoms with van der Waals surface area (Å²) in [4.78, 5) is 63.8. The van der Waals surface area contributed by atoms with Crippen LogP contribution in [0.1, 0.15) is 67.2 Å². The lowest BCUT2D eigenvalue weighted by Gasteiger charge is -2.29. The Balaban J connectivity index is 5.64. The van der Waals surface area contributed by atoms with Crippen LogP contribution in [-0.4, -0.2) is 95.2 Å². The lowest BCUT2D eigenvalue weighted by atomic mass is 10.0. The average Bonchev–Trinajstić information content (AvgIpc) is 2.85. The number of hydrogen-bond acceptors (Lipinski definition) is 8. The zero-order valence-corrected chi connectivity index (χ0v) is 25.3. The van der Waals surface area contributed by atoms with Crippen molar-refractivity contribution in [2.75, 3.05) is 19.1 Å². The first-order valence-electron chi connectivity index (χ1n) is 13.4. The highest BCUT2D eigenvalue weighted by molar-refractivity contribution is 7.98. The number of likely N-dealkylation sites (N-methyl/N-ethyl adjacent to an activating group) is 1. The number of carbonyl (C=O) groups excluding carboxylic acids is 5. The van der Waals surface area contributed by atoms with Gasteiger partial charge in [0.25, 0.3) is 0 Å². The first kappa shape index (κ1) is 36.6. The lowest BCUT2D eigenvalue weighted by molar-refractivity contribution is -0.138. The zero-order chi connectivity index (χ0) is 30.3. The van der Waals surface area contributed by atoms with Crippen LogP contribution in [0.25, 0.3) is 0 Å². The molecule has 0 spiro atoms. The summed E-state index contributed by atoms with van der Waals surface area (Å²) in [5, 5.41) is 33.1. The van der Waals surface area contributed by atoms with Gasteiger partial charge in [-0.3, -0.25) is 24.0 Å². The van der Waals surface area contributed by atoms with Crippen LogP contribution in [0.15, 0.2) is 0 Å². The number of aliphatic hydroxyl groups excluding tert-OH is 2. The van der Waals surface area contributed by atoms with Crippen molar-refractivity contribution >= 4 is 41.3 Å². The Morgan fingerprint density at radius 2 is 1.26 bits per heavy atom. The van der Waals surface area contributed by atoms with Gasteiger partial charge in [-0.05, 0) is 50.5 Å². The SMILES string of the molecule is CCC(C)CC(=O)NC(CC(C)C)C(=O)NC(C(=O)NC(C(=O)NC(CCSC)C(=O)NC)C(C)O)C(C)O. The van der Waals surface area contributed by atoms with Gasteiger partial charge in [-0.15, -0.1) is 0 Å². The minimum atomic E-state index is -1.47. The molecule has 0 aliphatic rings. The molecular formula is C26H49N5O7S. The summed E-state index contributed by atoms with van der Waals surface area (Å²) in [5.74, 6) is -2.30. The molecule has 39 heavy (non-hydrogen) atoms. The maximum atomic E-state index is 13.1. The van der Waals surface area contributed by atoms with Crippen LogP contribution in [0.5, 0.6) is 0 Å². The van der Waals surface area contributed by atoms with Crippen LogP contribution >= 0.6 is 11.8 Å². The largest absolute Gasteiger partial charge is 0.391 e. The molecule has 226 valence electrons. The molecule has 0 heterocycles. The monoisotopic (exact) mass is 575 g/mol. The minimum Gasteiger partial charge on any atom is -0.391 e. The lowest BCUT2D eigenvalue weighted by Crippen LogP contribution is -2.62. The van der Waals surface area contributed by atoms with E-state index in [9.17, 15) is 34.2 Å². The molecule has 7 atom stereocenters. The number of thioether (sulfide) groups is 1. The minimum absolute atomic E-state index is 0.0474. The number of hydrogen-bond donors (Lipinski definition) is 7. The van der Waals surface area contributed by atoms with Crippen molar-refractivity contribution in [1.29, 1.82) is 0 Å². The van der Waals surface area contributed by atoms with Gasteiger partial charge in [0.15, 0.2) is 0 Å². The molecule has 7 N–H and O–H groups in total. The molecule has 0 rings (SSSR count). The first-order valence-corrected chi connectivity index (χ1v) is 14.8. The zero-order valence-electron chi connectivity index (χ0n) is 24.5. The summed E-state index contributed by atoms with van der Waals surface area (Å²) in [7, 11) is 1.43. The Morgan fingerprint density at radius 3 is 1.69 bits per heavy atom. The number of amides is 5. The molecular weight excluding hydrogens is 526 g/mol. The number of aliphatic hydroxyl groups is 2. The van der Waals surface area contributed by atoms with Gasteiger partial charge in [0.05, 0.1) is 12.2 Å². The summed E-state index contributed by atoms with van der Waals surface area (Å²) in [6, 6.07) is -4.75. The van der Waals surface area contributed by atoms with Crippen molar-refractivity contribution in [3.05, 3.63) is 0 Å². The highest BCUT2D eigenvalue weighted by Gasteiger charge is 2.35. The molecule has 5 amide bonds. The fraction of sp³-hybridized carbons (Fsp3) is 0.808. The predicted molar refractivity (Wildman–Crippen MR) is 152 cm³/mol. The Kier molecular flexibility index (Phi) is 17.7. The molecule has 0 aromatic rings. The molecule has 12 nitrogen and oxygen atoms in total. The van der Waals surface area contributed by atoms with E-state index in [1.54, 1.807) is 0 Å². The van der Waals surface area contributed by atoms with Gasteiger partial charge in [0.1, 0.15) is 24.2 Å². The molecule has 0 aliphatic carbocycles. The summed E-state index contributed by atoms with van der Waals surface area (Å²) < 4.78 is 0. The molecule has 0 fully saturated rings. The van der Waals surface area contributed by atoms with Crippen LogP contribution in [0, 0.1) is 11.8 Å². The number of rotatable bonds is 18. The number of carbonyl (C=O) groups is 5. The summed E-state index contributed by atoms with van der Waals surface area (Å²) in [6.45, 7) is 10.3. The smallest absolute Gasteiger partial charge is 0.245 e. The van der Waals surface area contributed by atoms with Crippen LogP contribution in [0.3, 0.4) is 0 Å². The predicted octanol–water partition coefficient (Wildman–Crippen LogP) is -0.331. The summed E-state index contributed by atoms with van der Waals surface area (Å²) in [6.07, 6.45) is 0.841. The number of nitrogens with one attached hydrogen (secondary N) is 5. The maximum Gasteiger partial charge on any atom is 0.245 e. The van der Waals surface area contributed by atoms with Gasteiger partial charge in [-0.25, -0.2) is 0 Å². The Bertz CT molecular complexity index is 810. The highest BCUT2D eigenvalue weighted by Crippen LogP contribution is 2.10. The van der Waals surface area contributed by atoms with Gasteiger partial charge >= 0.3 is 0 Å². The van der Waals surface area contributed by atoms with Crippen molar-refractivity contribution in [2.24, 2.45) is 11.8 Å². The van der Waals surface area contributed by atoms with E-state index in [2.05, 4.69) is 26.6 Å².